The minimum absolute atomic E-state index is 0.444. The van der Waals surface area contributed by atoms with Gasteiger partial charge < -0.3 is 19.9 Å². The smallest absolute Gasteiger partial charge is 0.191 e. The molecule has 0 saturated carbocycles. The van der Waals surface area contributed by atoms with Gasteiger partial charge in [-0.05, 0) is 20.8 Å². The molecule has 2 N–H and O–H groups in total. The third kappa shape index (κ3) is 5.18. The van der Waals surface area contributed by atoms with Gasteiger partial charge in [-0.15, -0.1) is 10.2 Å². The molecule has 1 unspecified atom stereocenters. The second kappa shape index (κ2) is 8.83. The van der Waals surface area contributed by atoms with Crippen LogP contribution in [0, 0.1) is 6.92 Å². The molecule has 1 fully saturated rings. The molecule has 8 heteroatoms. The fraction of sp³-hybridized carbons (Fsp3) is 0.800. The van der Waals surface area contributed by atoms with Crippen molar-refractivity contribution in [3.8, 4) is 0 Å². The summed E-state index contributed by atoms with van der Waals surface area (Å²) in [6.45, 7) is 12.1. The van der Waals surface area contributed by atoms with E-state index >= 15 is 0 Å². The molecule has 1 aliphatic heterocycles. The number of morpholine rings is 1. The van der Waals surface area contributed by atoms with Crippen LogP contribution in [0.15, 0.2) is 4.99 Å². The zero-order chi connectivity index (χ0) is 16.7. The summed E-state index contributed by atoms with van der Waals surface area (Å²) in [5.41, 5.74) is 0. The molecule has 0 spiro atoms. The minimum Gasteiger partial charge on any atom is -0.379 e. The van der Waals surface area contributed by atoms with Crippen LogP contribution < -0.4 is 10.6 Å². The molecule has 1 aromatic rings. The summed E-state index contributed by atoms with van der Waals surface area (Å²) in [5, 5.41) is 14.9. The zero-order valence-electron chi connectivity index (χ0n) is 14.7. The van der Waals surface area contributed by atoms with Crippen LogP contribution in [0.4, 0.5) is 0 Å². The van der Waals surface area contributed by atoms with E-state index in [2.05, 4.69) is 44.6 Å². The van der Waals surface area contributed by atoms with Crippen molar-refractivity contribution >= 4 is 5.96 Å². The molecule has 0 bridgehead atoms. The van der Waals surface area contributed by atoms with Gasteiger partial charge in [0.2, 0.25) is 0 Å². The Morgan fingerprint density at radius 2 is 2.04 bits per heavy atom. The first-order valence-corrected chi connectivity index (χ1v) is 8.30. The monoisotopic (exact) mass is 323 g/mol. The Bertz CT molecular complexity index is 508. The lowest BCUT2D eigenvalue weighted by molar-refractivity contribution is 0.0211. The van der Waals surface area contributed by atoms with Crippen molar-refractivity contribution in [3.05, 3.63) is 11.6 Å². The van der Waals surface area contributed by atoms with Crippen LogP contribution in [0.5, 0.6) is 0 Å². The lowest BCUT2D eigenvalue weighted by atomic mass is 10.2. The quantitative estimate of drug-likeness (QED) is 0.562. The van der Waals surface area contributed by atoms with Crippen molar-refractivity contribution in [3.63, 3.8) is 0 Å². The summed E-state index contributed by atoms with van der Waals surface area (Å²) in [5.74, 6) is 2.57. The van der Waals surface area contributed by atoms with Gasteiger partial charge >= 0.3 is 0 Å². The number of nitrogens with one attached hydrogen (secondary N) is 2. The van der Waals surface area contributed by atoms with Gasteiger partial charge in [0.25, 0.3) is 0 Å². The molecule has 0 aromatic carbocycles. The fourth-order valence-electron chi connectivity index (χ4n) is 2.47. The standard InChI is InChI=1S/C15H29N7O/c1-5-16-15(18-11-14-20-19-13(3)21(14)4)17-10-12(2)22-6-8-23-9-7-22/h12H,5-11H2,1-4H3,(H2,16,17,18). The maximum absolute atomic E-state index is 5.40. The number of aromatic nitrogens is 3. The van der Waals surface area contributed by atoms with Crippen LogP contribution in [-0.2, 0) is 18.3 Å². The van der Waals surface area contributed by atoms with Gasteiger partial charge in [-0.2, -0.15) is 0 Å². The molecule has 0 aliphatic carbocycles. The number of nitrogens with zero attached hydrogens (tertiary/aromatic N) is 5. The van der Waals surface area contributed by atoms with E-state index in [4.69, 9.17) is 4.74 Å². The summed E-state index contributed by atoms with van der Waals surface area (Å²) in [6.07, 6.45) is 0. The molecule has 1 aliphatic rings. The maximum Gasteiger partial charge on any atom is 0.191 e. The van der Waals surface area contributed by atoms with Gasteiger partial charge in [-0.1, -0.05) is 0 Å². The maximum atomic E-state index is 5.40. The van der Waals surface area contributed by atoms with E-state index < -0.39 is 0 Å². The van der Waals surface area contributed by atoms with Crippen LogP contribution in [0.25, 0.3) is 0 Å². The van der Waals surface area contributed by atoms with Crippen molar-refractivity contribution < 1.29 is 4.74 Å². The number of hydrogen-bond donors (Lipinski definition) is 2. The number of rotatable bonds is 6. The molecule has 2 rings (SSSR count). The van der Waals surface area contributed by atoms with Gasteiger partial charge in [0.05, 0.1) is 13.2 Å². The third-order valence-electron chi connectivity index (χ3n) is 4.14. The predicted octanol–water partition coefficient (Wildman–Crippen LogP) is -0.101. The number of guanidine groups is 1. The Morgan fingerprint density at radius 1 is 1.30 bits per heavy atom. The fourth-order valence-corrected chi connectivity index (χ4v) is 2.47. The molecular weight excluding hydrogens is 294 g/mol. The second-order valence-electron chi connectivity index (χ2n) is 5.80. The molecule has 1 saturated heterocycles. The Hall–Kier alpha value is -1.67. The second-order valence-corrected chi connectivity index (χ2v) is 5.80. The van der Waals surface area contributed by atoms with Gasteiger partial charge in [-0.3, -0.25) is 4.90 Å². The molecule has 130 valence electrons. The average molecular weight is 323 g/mol. The van der Waals surface area contributed by atoms with Crippen molar-refractivity contribution in [2.45, 2.75) is 33.4 Å². The van der Waals surface area contributed by atoms with Crippen LogP contribution in [0.3, 0.4) is 0 Å². The molecule has 1 atom stereocenters. The van der Waals surface area contributed by atoms with E-state index in [1.807, 2.05) is 18.5 Å². The highest BCUT2D eigenvalue weighted by Gasteiger charge is 2.17. The van der Waals surface area contributed by atoms with E-state index in [0.717, 1.165) is 57.0 Å². The van der Waals surface area contributed by atoms with Crippen LogP contribution in [0.2, 0.25) is 0 Å². The first-order chi connectivity index (χ1) is 11.1. The minimum atomic E-state index is 0.444. The first-order valence-electron chi connectivity index (χ1n) is 8.30. The van der Waals surface area contributed by atoms with Crippen molar-refractivity contribution in [2.24, 2.45) is 12.0 Å². The number of hydrogen-bond acceptors (Lipinski definition) is 5. The number of ether oxygens (including phenoxy) is 1. The van der Waals surface area contributed by atoms with Crippen molar-refractivity contribution in [2.75, 3.05) is 39.4 Å². The van der Waals surface area contributed by atoms with Gasteiger partial charge in [0, 0.05) is 39.3 Å². The van der Waals surface area contributed by atoms with E-state index in [1.165, 1.54) is 0 Å². The topological polar surface area (TPSA) is 79.6 Å². The molecule has 8 nitrogen and oxygen atoms in total. The number of aliphatic imine (C=N–C) groups is 1. The van der Waals surface area contributed by atoms with Crippen LogP contribution >= 0.6 is 0 Å². The van der Waals surface area contributed by atoms with Gasteiger partial charge in [0.1, 0.15) is 12.4 Å². The highest BCUT2D eigenvalue weighted by Crippen LogP contribution is 2.03. The Labute approximate surface area is 138 Å². The first kappa shape index (κ1) is 17.7. The summed E-state index contributed by atoms with van der Waals surface area (Å²) < 4.78 is 7.36. The molecule has 0 amide bonds. The molecule has 23 heavy (non-hydrogen) atoms. The summed E-state index contributed by atoms with van der Waals surface area (Å²) in [6, 6.07) is 0.444. The highest BCUT2D eigenvalue weighted by atomic mass is 16.5. The summed E-state index contributed by atoms with van der Waals surface area (Å²) in [4.78, 5) is 7.04. The van der Waals surface area contributed by atoms with Crippen molar-refractivity contribution in [1.29, 1.82) is 0 Å². The van der Waals surface area contributed by atoms with Crippen LogP contribution in [-0.4, -0.2) is 71.1 Å². The SMILES string of the molecule is CCNC(=NCc1nnc(C)n1C)NCC(C)N1CCOCC1. The summed E-state index contributed by atoms with van der Waals surface area (Å²) >= 11 is 0. The third-order valence-corrected chi connectivity index (χ3v) is 4.14. The normalized spacial score (nSPS) is 18.0. The van der Waals surface area contributed by atoms with Crippen LogP contribution in [0.1, 0.15) is 25.5 Å². The Morgan fingerprint density at radius 3 is 2.65 bits per heavy atom. The summed E-state index contributed by atoms with van der Waals surface area (Å²) in [7, 11) is 1.96. The van der Waals surface area contributed by atoms with Gasteiger partial charge in [0.15, 0.2) is 11.8 Å². The van der Waals surface area contributed by atoms with E-state index in [1.54, 1.807) is 0 Å². The molecule has 0 radical (unpaired) electrons. The lowest BCUT2D eigenvalue weighted by Gasteiger charge is -2.32. The Kier molecular flexibility index (Phi) is 6.79. The average Bonchev–Trinajstić information content (AvgIpc) is 2.89. The lowest BCUT2D eigenvalue weighted by Crippen LogP contribution is -2.49. The van der Waals surface area contributed by atoms with E-state index in [9.17, 15) is 0 Å². The highest BCUT2D eigenvalue weighted by molar-refractivity contribution is 5.79. The molecular formula is C15H29N7O. The van der Waals surface area contributed by atoms with E-state index in [-0.39, 0.29) is 0 Å². The largest absolute Gasteiger partial charge is 0.379 e. The molecule has 1 aromatic heterocycles. The molecule has 2 heterocycles. The van der Waals surface area contributed by atoms with E-state index in [0.29, 0.717) is 12.6 Å². The zero-order valence-corrected chi connectivity index (χ0v) is 14.7. The number of aryl methyl sites for hydroxylation is 1. The van der Waals surface area contributed by atoms with Gasteiger partial charge in [-0.25, -0.2) is 4.99 Å². The van der Waals surface area contributed by atoms with Crippen molar-refractivity contribution in [1.82, 2.24) is 30.3 Å². The predicted molar refractivity (Wildman–Crippen MR) is 90.4 cm³/mol. The Balaban J connectivity index is 1.87.